The predicted molar refractivity (Wildman–Crippen MR) is 134 cm³/mol. The zero-order valence-electron chi connectivity index (χ0n) is 18.3. The minimum atomic E-state index is -0.496. The Bertz CT molecular complexity index is 1310. The number of nitro benzene ring substituents is 1. The molecule has 0 fully saturated rings. The normalized spacial score (nSPS) is 10.9. The Labute approximate surface area is 207 Å². The van der Waals surface area contributed by atoms with Crippen LogP contribution in [0, 0.1) is 21.4 Å². The number of nitrogens with zero attached hydrogens (tertiary/aromatic N) is 2. The van der Waals surface area contributed by atoms with Gasteiger partial charge in [0.05, 0.1) is 33.7 Å². The first-order chi connectivity index (χ1) is 16.4. The zero-order chi connectivity index (χ0) is 24.7. The summed E-state index contributed by atoms with van der Waals surface area (Å²) in [6, 6.07) is 16.9. The molecule has 0 unspecified atom stereocenters. The van der Waals surface area contributed by atoms with E-state index < -0.39 is 4.92 Å². The van der Waals surface area contributed by atoms with Crippen molar-refractivity contribution < 1.29 is 14.4 Å². The molecule has 3 rings (SSSR count). The summed E-state index contributed by atoms with van der Waals surface area (Å²) >= 11 is 12.1. The van der Waals surface area contributed by atoms with E-state index in [1.807, 2.05) is 12.1 Å². The van der Waals surface area contributed by atoms with Gasteiger partial charge in [-0.05, 0) is 53.5 Å². The number of nitro groups is 1. The van der Waals surface area contributed by atoms with Crippen LogP contribution in [0.1, 0.15) is 22.3 Å². The van der Waals surface area contributed by atoms with E-state index in [9.17, 15) is 15.4 Å². The number of ether oxygens (including phenoxy) is 2. The van der Waals surface area contributed by atoms with E-state index in [-0.39, 0.29) is 17.9 Å². The minimum Gasteiger partial charge on any atom is -0.493 e. The fourth-order valence-electron chi connectivity index (χ4n) is 3.31. The number of methoxy groups -OCH3 is 1. The molecule has 0 spiro atoms. The van der Waals surface area contributed by atoms with Gasteiger partial charge in [-0.1, -0.05) is 47.5 Å². The predicted octanol–water partition coefficient (Wildman–Crippen LogP) is 7.28. The van der Waals surface area contributed by atoms with Crippen molar-refractivity contribution in [3.8, 4) is 17.6 Å². The van der Waals surface area contributed by atoms with Gasteiger partial charge < -0.3 is 9.47 Å². The number of allylic oxidation sites excluding steroid dienone is 2. The van der Waals surface area contributed by atoms with Crippen molar-refractivity contribution in [1.29, 1.82) is 5.26 Å². The molecule has 0 heterocycles. The molecule has 34 heavy (non-hydrogen) atoms. The molecule has 0 aliphatic heterocycles. The van der Waals surface area contributed by atoms with Gasteiger partial charge in [0.25, 0.3) is 5.69 Å². The van der Waals surface area contributed by atoms with Crippen molar-refractivity contribution in [2.24, 2.45) is 0 Å². The van der Waals surface area contributed by atoms with Gasteiger partial charge in [-0.3, -0.25) is 10.1 Å². The van der Waals surface area contributed by atoms with E-state index in [2.05, 4.69) is 12.6 Å². The number of hydrogen-bond acceptors (Lipinski definition) is 5. The average molecular weight is 495 g/mol. The maximum Gasteiger partial charge on any atom is 0.270 e. The Kier molecular flexibility index (Phi) is 8.31. The van der Waals surface area contributed by atoms with Crippen LogP contribution in [-0.2, 0) is 13.0 Å². The smallest absolute Gasteiger partial charge is 0.270 e. The number of hydrogen-bond donors (Lipinski definition) is 0. The van der Waals surface area contributed by atoms with Gasteiger partial charge in [0.15, 0.2) is 11.5 Å². The number of benzene rings is 3. The molecule has 0 amide bonds. The quantitative estimate of drug-likeness (QED) is 0.102. The highest BCUT2D eigenvalue weighted by molar-refractivity contribution is 6.42. The molecule has 0 atom stereocenters. The van der Waals surface area contributed by atoms with Crippen molar-refractivity contribution >= 4 is 40.5 Å². The second-order valence-electron chi connectivity index (χ2n) is 7.22. The van der Waals surface area contributed by atoms with Crippen molar-refractivity contribution in [2.45, 2.75) is 13.0 Å². The van der Waals surface area contributed by atoms with Crippen LogP contribution >= 0.6 is 23.2 Å². The minimum absolute atomic E-state index is 0.0883. The van der Waals surface area contributed by atoms with Gasteiger partial charge in [-0.15, -0.1) is 6.58 Å². The Hall–Kier alpha value is -3.79. The Morgan fingerprint density at radius 3 is 2.62 bits per heavy atom. The highest BCUT2D eigenvalue weighted by Gasteiger charge is 2.15. The lowest BCUT2D eigenvalue weighted by Gasteiger charge is -2.16. The molecule has 0 bridgehead atoms. The second kappa shape index (κ2) is 11.4. The number of halogens is 2. The van der Waals surface area contributed by atoms with Crippen LogP contribution in [0.3, 0.4) is 0 Å². The van der Waals surface area contributed by atoms with E-state index in [1.165, 1.54) is 19.2 Å². The van der Waals surface area contributed by atoms with Crippen molar-refractivity contribution in [1.82, 2.24) is 0 Å². The maximum absolute atomic E-state index is 11.1. The van der Waals surface area contributed by atoms with Crippen LogP contribution in [0.25, 0.3) is 11.6 Å². The lowest BCUT2D eigenvalue weighted by molar-refractivity contribution is -0.384. The Morgan fingerprint density at radius 2 is 1.97 bits per heavy atom. The summed E-state index contributed by atoms with van der Waals surface area (Å²) in [4.78, 5) is 10.6. The third kappa shape index (κ3) is 5.96. The zero-order valence-corrected chi connectivity index (χ0v) is 19.8. The molecule has 0 saturated heterocycles. The molecular formula is C26H20Cl2N2O4. The Morgan fingerprint density at radius 1 is 1.18 bits per heavy atom. The summed E-state index contributed by atoms with van der Waals surface area (Å²) < 4.78 is 11.6. The first kappa shape index (κ1) is 24.8. The van der Waals surface area contributed by atoms with Crippen LogP contribution in [-0.4, -0.2) is 12.0 Å². The summed E-state index contributed by atoms with van der Waals surface area (Å²) in [6.07, 6.45) is 3.88. The SMILES string of the molecule is C=CCc1cc(/C=C(/C#N)c2cccc([N+](=O)[O-])c2)cc(OC)c1OCc1ccc(Cl)c(Cl)c1. The fourth-order valence-corrected chi connectivity index (χ4v) is 3.63. The third-order valence-electron chi connectivity index (χ3n) is 4.90. The molecule has 3 aromatic carbocycles. The summed E-state index contributed by atoms with van der Waals surface area (Å²) in [5.41, 5.74) is 2.95. The first-order valence-corrected chi connectivity index (χ1v) is 10.9. The van der Waals surface area contributed by atoms with Gasteiger partial charge in [-0.25, -0.2) is 0 Å². The second-order valence-corrected chi connectivity index (χ2v) is 8.03. The molecule has 0 N–H and O–H groups in total. The van der Waals surface area contributed by atoms with E-state index in [4.69, 9.17) is 32.7 Å². The molecular weight excluding hydrogens is 475 g/mol. The van der Waals surface area contributed by atoms with Crippen molar-refractivity contribution in [3.63, 3.8) is 0 Å². The van der Waals surface area contributed by atoms with Crippen molar-refractivity contribution in [3.05, 3.63) is 110 Å². The number of non-ortho nitro benzene ring substituents is 1. The van der Waals surface area contributed by atoms with Gasteiger partial charge in [-0.2, -0.15) is 5.26 Å². The van der Waals surface area contributed by atoms with E-state index in [0.717, 1.165) is 11.1 Å². The summed E-state index contributed by atoms with van der Waals surface area (Å²) in [5.74, 6) is 1.02. The third-order valence-corrected chi connectivity index (χ3v) is 5.64. The van der Waals surface area contributed by atoms with Crippen LogP contribution in [0.5, 0.6) is 11.5 Å². The lowest BCUT2D eigenvalue weighted by Crippen LogP contribution is -2.02. The van der Waals surface area contributed by atoms with Crippen LogP contribution < -0.4 is 9.47 Å². The molecule has 172 valence electrons. The van der Waals surface area contributed by atoms with Gasteiger partial charge in [0.1, 0.15) is 6.61 Å². The maximum atomic E-state index is 11.1. The topological polar surface area (TPSA) is 85.4 Å². The molecule has 0 radical (unpaired) electrons. The van der Waals surface area contributed by atoms with Gasteiger partial charge in [0, 0.05) is 17.7 Å². The molecule has 8 heteroatoms. The highest BCUT2D eigenvalue weighted by atomic mass is 35.5. The molecule has 0 aliphatic carbocycles. The number of rotatable bonds is 9. The Balaban J connectivity index is 1.99. The molecule has 3 aromatic rings. The highest BCUT2D eigenvalue weighted by Crippen LogP contribution is 2.36. The molecule has 6 nitrogen and oxygen atoms in total. The largest absolute Gasteiger partial charge is 0.493 e. The van der Waals surface area contributed by atoms with E-state index in [1.54, 1.807) is 42.5 Å². The average Bonchev–Trinajstić information content (AvgIpc) is 2.83. The molecule has 0 saturated carbocycles. The van der Waals surface area contributed by atoms with E-state index in [0.29, 0.717) is 39.1 Å². The van der Waals surface area contributed by atoms with Gasteiger partial charge >= 0.3 is 0 Å². The number of nitriles is 1. The van der Waals surface area contributed by atoms with E-state index >= 15 is 0 Å². The summed E-state index contributed by atoms with van der Waals surface area (Å²) in [6.45, 7) is 4.05. The van der Waals surface area contributed by atoms with Crippen LogP contribution in [0.2, 0.25) is 10.0 Å². The van der Waals surface area contributed by atoms with Crippen molar-refractivity contribution in [2.75, 3.05) is 7.11 Å². The lowest BCUT2D eigenvalue weighted by atomic mass is 10.0. The monoisotopic (exact) mass is 494 g/mol. The van der Waals surface area contributed by atoms with Gasteiger partial charge in [0.2, 0.25) is 0 Å². The fraction of sp³-hybridized carbons (Fsp3) is 0.115. The summed E-state index contributed by atoms with van der Waals surface area (Å²) in [7, 11) is 1.53. The van der Waals surface area contributed by atoms with Crippen LogP contribution in [0.4, 0.5) is 5.69 Å². The summed E-state index contributed by atoms with van der Waals surface area (Å²) in [5, 5.41) is 21.7. The first-order valence-electron chi connectivity index (χ1n) is 10.1. The van der Waals surface area contributed by atoms with Crippen LogP contribution in [0.15, 0.2) is 67.3 Å². The molecule has 0 aromatic heterocycles. The standard InChI is InChI=1S/C26H20Cl2N2O4/c1-3-5-20-10-18(11-21(15-29)19-6-4-7-22(14-19)30(31)32)13-25(33-2)26(20)34-16-17-8-9-23(27)24(28)12-17/h3-4,6-14H,1,5,16H2,2H3/b21-11-. The molecule has 0 aliphatic rings.